The first-order valence-electron chi connectivity index (χ1n) is 5.57. The second-order valence-electron chi connectivity index (χ2n) is 3.90. The molecule has 0 N–H and O–H groups in total. The molecule has 1 atom stereocenters. The van der Waals surface area contributed by atoms with E-state index in [9.17, 15) is 10.1 Å². The van der Waals surface area contributed by atoms with Crippen LogP contribution in [-0.4, -0.2) is 24.7 Å². The van der Waals surface area contributed by atoms with Gasteiger partial charge in [-0.25, -0.2) is 0 Å². The van der Waals surface area contributed by atoms with Gasteiger partial charge in [-0.3, -0.25) is 10.1 Å². The van der Waals surface area contributed by atoms with Crippen LogP contribution in [0, 0.1) is 10.1 Å². The maximum Gasteiger partial charge on any atom is 0.310 e. The summed E-state index contributed by atoms with van der Waals surface area (Å²) in [6.07, 6.45) is 0.507. The van der Waals surface area contributed by atoms with Crippen molar-refractivity contribution in [1.82, 2.24) is 0 Å². The van der Waals surface area contributed by atoms with Crippen LogP contribution >= 0.6 is 11.6 Å². The van der Waals surface area contributed by atoms with Crippen molar-refractivity contribution < 1.29 is 14.4 Å². The Morgan fingerprint density at radius 3 is 2.78 bits per heavy atom. The summed E-state index contributed by atoms with van der Waals surface area (Å²) >= 11 is 5.71. The number of methoxy groups -OCH3 is 1. The van der Waals surface area contributed by atoms with E-state index in [0.29, 0.717) is 18.9 Å². The largest absolute Gasteiger partial charge is 0.484 e. The molecule has 1 unspecified atom stereocenters. The van der Waals surface area contributed by atoms with E-state index in [0.717, 1.165) is 5.56 Å². The van der Waals surface area contributed by atoms with Gasteiger partial charge in [0.05, 0.1) is 11.0 Å². The van der Waals surface area contributed by atoms with Crippen LogP contribution in [-0.2, 0) is 10.6 Å². The van der Waals surface area contributed by atoms with Crippen molar-refractivity contribution in [2.24, 2.45) is 0 Å². The fourth-order valence-corrected chi connectivity index (χ4v) is 1.61. The molecule has 0 radical (unpaired) electrons. The maximum absolute atomic E-state index is 10.9. The highest BCUT2D eigenvalue weighted by atomic mass is 35.5. The molecule has 0 amide bonds. The minimum Gasteiger partial charge on any atom is -0.484 e. The monoisotopic (exact) mass is 273 g/mol. The number of ether oxygens (including phenoxy) is 2. The molecule has 1 rings (SSSR count). The molecule has 18 heavy (non-hydrogen) atoms. The molecule has 0 bridgehead atoms. The lowest BCUT2D eigenvalue weighted by Crippen LogP contribution is -2.15. The zero-order valence-corrected chi connectivity index (χ0v) is 11.1. The molecule has 0 aliphatic rings. The SMILES string of the molecule is COCCC(C)Oc1cc(CCl)ccc1[N+](=O)[O-]. The molecule has 5 nitrogen and oxygen atoms in total. The molecule has 0 aliphatic heterocycles. The predicted molar refractivity (Wildman–Crippen MR) is 69.2 cm³/mol. The fourth-order valence-electron chi connectivity index (χ4n) is 1.45. The van der Waals surface area contributed by atoms with E-state index in [1.807, 2.05) is 6.92 Å². The van der Waals surface area contributed by atoms with Crippen molar-refractivity contribution in [3.05, 3.63) is 33.9 Å². The van der Waals surface area contributed by atoms with E-state index >= 15 is 0 Å². The van der Waals surface area contributed by atoms with Gasteiger partial charge in [-0.05, 0) is 18.6 Å². The standard InChI is InChI=1S/C12H16ClNO4/c1-9(5-6-17-2)18-12-7-10(8-13)3-4-11(12)14(15)16/h3-4,7,9H,5-6,8H2,1-2H3. The van der Waals surface area contributed by atoms with Gasteiger partial charge < -0.3 is 9.47 Å². The van der Waals surface area contributed by atoms with Gasteiger partial charge in [-0.1, -0.05) is 6.07 Å². The lowest BCUT2D eigenvalue weighted by molar-refractivity contribution is -0.386. The highest BCUT2D eigenvalue weighted by Gasteiger charge is 2.17. The molecule has 1 aromatic carbocycles. The summed E-state index contributed by atoms with van der Waals surface area (Å²) in [5, 5.41) is 10.9. The molecule has 0 aliphatic carbocycles. The van der Waals surface area contributed by atoms with Gasteiger partial charge in [0.2, 0.25) is 0 Å². The number of rotatable bonds is 7. The average molecular weight is 274 g/mol. The van der Waals surface area contributed by atoms with E-state index in [1.165, 1.54) is 6.07 Å². The number of benzene rings is 1. The maximum atomic E-state index is 10.9. The summed E-state index contributed by atoms with van der Waals surface area (Å²) in [5.74, 6) is 0.544. The number of nitrogens with zero attached hydrogens (tertiary/aromatic N) is 1. The molecule has 0 fully saturated rings. The number of hydrogen-bond acceptors (Lipinski definition) is 4. The Kier molecular flexibility index (Phi) is 5.88. The zero-order chi connectivity index (χ0) is 13.5. The number of halogens is 1. The normalized spacial score (nSPS) is 12.2. The van der Waals surface area contributed by atoms with Gasteiger partial charge in [0.1, 0.15) is 0 Å². The second kappa shape index (κ2) is 7.18. The summed E-state index contributed by atoms with van der Waals surface area (Å²) < 4.78 is 10.5. The highest BCUT2D eigenvalue weighted by molar-refractivity contribution is 6.17. The van der Waals surface area contributed by atoms with Crippen LogP contribution < -0.4 is 4.74 Å². The third kappa shape index (κ3) is 4.16. The van der Waals surface area contributed by atoms with Crippen molar-refractivity contribution in [3.8, 4) is 5.75 Å². The quantitative estimate of drug-likeness (QED) is 0.435. The van der Waals surface area contributed by atoms with Gasteiger partial charge in [0, 0.05) is 32.1 Å². The first kappa shape index (κ1) is 14.7. The van der Waals surface area contributed by atoms with E-state index in [4.69, 9.17) is 21.1 Å². The lowest BCUT2D eigenvalue weighted by atomic mass is 10.2. The molecule has 0 saturated heterocycles. The summed E-state index contributed by atoms with van der Waals surface area (Å²) in [5.41, 5.74) is 0.740. The Balaban J connectivity index is 2.86. The number of nitro benzene ring substituents is 1. The first-order chi connectivity index (χ1) is 8.58. The van der Waals surface area contributed by atoms with Gasteiger partial charge in [0.15, 0.2) is 5.75 Å². The van der Waals surface area contributed by atoms with Gasteiger partial charge in [0.25, 0.3) is 0 Å². The molecule has 0 heterocycles. The molecular formula is C12H16ClNO4. The second-order valence-corrected chi connectivity index (χ2v) is 4.17. The number of alkyl halides is 1. The lowest BCUT2D eigenvalue weighted by Gasteiger charge is -2.14. The minimum atomic E-state index is -0.462. The summed E-state index contributed by atoms with van der Waals surface area (Å²) in [4.78, 5) is 10.4. The Bertz CT molecular complexity index is 411. The van der Waals surface area contributed by atoms with Crippen molar-refractivity contribution >= 4 is 17.3 Å². The molecule has 1 aromatic rings. The minimum absolute atomic E-state index is 0.0480. The average Bonchev–Trinajstić information content (AvgIpc) is 2.35. The molecule has 6 heteroatoms. The molecule has 0 saturated carbocycles. The Labute approximate surface area is 111 Å². The van der Waals surface area contributed by atoms with Crippen molar-refractivity contribution in [2.75, 3.05) is 13.7 Å². The first-order valence-corrected chi connectivity index (χ1v) is 6.10. The van der Waals surface area contributed by atoms with Gasteiger partial charge in [-0.2, -0.15) is 0 Å². The van der Waals surface area contributed by atoms with E-state index in [-0.39, 0.29) is 17.5 Å². The van der Waals surface area contributed by atoms with E-state index < -0.39 is 4.92 Å². The summed E-state index contributed by atoms with van der Waals surface area (Å²) in [7, 11) is 1.60. The topological polar surface area (TPSA) is 61.6 Å². The van der Waals surface area contributed by atoms with E-state index in [2.05, 4.69) is 0 Å². The van der Waals surface area contributed by atoms with Crippen LogP contribution in [0.4, 0.5) is 5.69 Å². The van der Waals surface area contributed by atoms with Crippen molar-refractivity contribution in [3.63, 3.8) is 0 Å². The Morgan fingerprint density at radius 1 is 1.50 bits per heavy atom. The number of nitro groups is 1. The molecule has 0 spiro atoms. The molecule has 0 aromatic heterocycles. The Morgan fingerprint density at radius 2 is 2.22 bits per heavy atom. The van der Waals surface area contributed by atoms with E-state index in [1.54, 1.807) is 19.2 Å². The third-order valence-corrected chi connectivity index (χ3v) is 2.74. The third-order valence-electron chi connectivity index (χ3n) is 2.43. The van der Waals surface area contributed by atoms with Crippen molar-refractivity contribution in [1.29, 1.82) is 0 Å². The predicted octanol–water partition coefficient (Wildman–Crippen LogP) is 3.14. The van der Waals surface area contributed by atoms with Gasteiger partial charge in [-0.15, -0.1) is 11.6 Å². The Hall–Kier alpha value is -1.33. The van der Waals surface area contributed by atoms with Crippen LogP contribution in [0.2, 0.25) is 0 Å². The van der Waals surface area contributed by atoms with Crippen LogP contribution in [0.3, 0.4) is 0 Å². The highest BCUT2D eigenvalue weighted by Crippen LogP contribution is 2.29. The van der Waals surface area contributed by atoms with Crippen LogP contribution in [0.1, 0.15) is 18.9 Å². The van der Waals surface area contributed by atoms with Crippen LogP contribution in [0.5, 0.6) is 5.75 Å². The van der Waals surface area contributed by atoms with Gasteiger partial charge >= 0.3 is 5.69 Å². The zero-order valence-electron chi connectivity index (χ0n) is 10.4. The van der Waals surface area contributed by atoms with Crippen LogP contribution in [0.15, 0.2) is 18.2 Å². The smallest absolute Gasteiger partial charge is 0.310 e. The molecular weight excluding hydrogens is 258 g/mol. The fraction of sp³-hybridized carbons (Fsp3) is 0.500. The van der Waals surface area contributed by atoms with Crippen molar-refractivity contribution in [2.45, 2.75) is 25.3 Å². The number of hydrogen-bond donors (Lipinski definition) is 0. The van der Waals surface area contributed by atoms with Crippen LogP contribution in [0.25, 0.3) is 0 Å². The summed E-state index contributed by atoms with van der Waals surface area (Å²) in [6, 6.07) is 4.64. The molecule has 100 valence electrons. The summed E-state index contributed by atoms with van der Waals surface area (Å²) in [6.45, 7) is 2.39.